The van der Waals surface area contributed by atoms with Gasteiger partial charge in [0.1, 0.15) is 5.75 Å². The van der Waals surface area contributed by atoms with Crippen LogP contribution in [-0.4, -0.2) is 20.4 Å². The van der Waals surface area contributed by atoms with Gasteiger partial charge in [-0.1, -0.05) is 42.5 Å². The number of aryl methyl sites for hydroxylation is 1. The van der Waals surface area contributed by atoms with Gasteiger partial charge in [-0.25, -0.2) is 13.1 Å². The van der Waals surface area contributed by atoms with E-state index < -0.39 is 10.0 Å². The van der Waals surface area contributed by atoms with E-state index in [4.69, 9.17) is 4.74 Å². The van der Waals surface area contributed by atoms with Crippen molar-refractivity contribution in [3.63, 3.8) is 0 Å². The van der Waals surface area contributed by atoms with E-state index in [1.807, 2.05) is 42.5 Å². The smallest absolute Gasteiger partial charge is 0.240 e. The van der Waals surface area contributed by atoms with Gasteiger partial charge in [0.25, 0.3) is 0 Å². The first-order valence-electron chi connectivity index (χ1n) is 10.2. The number of amides is 1. The fourth-order valence-corrected chi connectivity index (χ4v) is 4.37. The summed E-state index contributed by atoms with van der Waals surface area (Å²) in [5.74, 6) is 1.12. The number of benzene rings is 3. The van der Waals surface area contributed by atoms with Crippen molar-refractivity contribution in [3.8, 4) is 11.5 Å². The van der Waals surface area contributed by atoms with Crippen LogP contribution in [-0.2, 0) is 21.2 Å². The van der Waals surface area contributed by atoms with E-state index in [2.05, 4.69) is 10.0 Å². The van der Waals surface area contributed by atoms with E-state index in [0.717, 1.165) is 18.4 Å². The standard InChI is InChI=1S/C24H24N2O4S/c27-24(25-22-8-4-5-9-23(22)30-20-6-2-1-3-7-20)17-12-18-10-15-21(16-11-18)31(28,29)26-19-13-14-19/h1-11,15-16,19,26H,12-14,17H2,(H,25,27). The molecule has 3 aromatic carbocycles. The maximum Gasteiger partial charge on any atom is 0.240 e. The van der Waals surface area contributed by atoms with Gasteiger partial charge >= 0.3 is 0 Å². The van der Waals surface area contributed by atoms with Crippen LogP contribution in [0.4, 0.5) is 5.69 Å². The fourth-order valence-electron chi connectivity index (χ4n) is 3.07. The van der Waals surface area contributed by atoms with Crippen molar-refractivity contribution in [2.24, 2.45) is 0 Å². The van der Waals surface area contributed by atoms with Crippen LogP contribution < -0.4 is 14.8 Å². The minimum Gasteiger partial charge on any atom is -0.455 e. The van der Waals surface area contributed by atoms with Gasteiger partial charge in [0.05, 0.1) is 10.6 Å². The highest BCUT2D eigenvalue weighted by Crippen LogP contribution is 2.29. The average Bonchev–Trinajstić information content (AvgIpc) is 3.58. The fraction of sp³-hybridized carbons (Fsp3) is 0.208. The molecule has 7 heteroatoms. The highest BCUT2D eigenvalue weighted by atomic mass is 32.2. The van der Waals surface area contributed by atoms with Crippen LogP contribution in [0.25, 0.3) is 0 Å². The largest absolute Gasteiger partial charge is 0.455 e. The van der Waals surface area contributed by atoms with Crippen molar-refractivity contribution in [1.82, 2.24) is 4.72 Å². The third kappa shape index (κ3) is 5.93. The topological polar surface area (TPSA) is 84.5 Å². The van der Waals surface area contributed by atoms with Crippen LogP contribution in [0, 0.1) is 0 Å². The van der Waals surface area contributed by atoms with E-state index in [9.17, 15) is 13.2 Å². The minimum absolute atomic E-state index is 0.0714. The summed E-state index contributed by atoms with van der Waals surface area (Å²) >= 11 is 0. The van der Waals surface area contributed by atoms with E-state index in [1.54, 1.807) is 36.4 Å². The van der Waals surface area contributed by atoms with Crippen molar-refractivity contribution >= 4 is 21.6 Å². The van der Waals surface area contributed by atoms with Crippen molar-refractivity contribution < 1.29 is 17.9 Å². The molecule has 0 aromatic heterocycles. The Bertz CT molecular complexity index is 1140. The van der Waals surface area contributed by atoms with E-state index in [-0.39, 0.29) is 23.3 Å². The predicted octanol–water partition coefficient (Wildman–Crippen LogP) is 4.49. The molecule has 0 atom stereocenters. The highest BCUT2D eigenvalue weighted by molar-refractivity contribution is 7.89. The van der Waals surface area contributed by atoms with Crippen LogP contribution in [0.2, 0.25) is 0 Å². The second kappa shape index (κ2) is 9.32. The summed E-state index contributed by atoms with van der Waals surface area (Å²) < 4.78 is 33.0. The molecule has 0 spiro atoms. The van der Waals surface area contributed by atoms with Gasteiger partial charge < -0.3 is 10.1 Å². The summed E-state index contributed by atoms with van der Waals surface area (Å²) in [5, 5.41) is 2.90. The molecule has 2 N–H and O–H groups in total. The second-order valence-corrected chi connectivity index (χ2v) is 9.21. The number of hydrogen-bond acceptors (Lipinski definition) is 4. The molecule has 1 saturated carbocycles. The number of sulfonamides is 1. The van der Waals surface area contributed by atoms with Gasteiger partial charge in [0.2, 0.25) is 15.9 Å². The number of hydrogen-bond donors (Lipinski definition) is 2. The number of para-hydroxylation sites is 3. The van der Waals surface area contributed by atoms with Gasteiger partial charge in [-0.3, -0.25) is 4.79 Å². The summed E-state index contributed by atoms with van der Waals surface area (Å²) in [6.45, 7) is 0. The minimum atomic E-state index is -3.46. The molecule has 0 unspecified atom stereocenters. The number of rotatable bonds is 9. The quantitative estimate of drug-likeness (QED) is 0.518. The lowest BCUT2D eigenvalue weighted by molar-refractivity contribution is -0.116. The summed E-state index contributed by atoms with van der Waals surface area (Å²) in [6.07, 6.45) is 2.56. The zero-order valence-electron chi connectivity index (χ0n) is 17.0. The number of anilines is 1. The Balaban J connectivity index is 1.33. The maximum atomic E-state index is 12.5. The molecular formula is C24H24N2O4S. The third-order valence-electron chi connectivity index (χ3n) is 4.91. The molecule has 0 heterocycles. The third-order valence-corrected chi connectivity index (χ3v) is 6.44. The number of carbonyl (C=O) groups is 1. The van der Waals surface area contributed by atoms with Crippen LogP contribution in [0.15, 0.2) is 83.8 Å². The lowest BCUT2D eigenvalue weighted by Gasteiger charge is -2.12. The summed E-state index contributed by atoms with van der Waals surface area (Å²) in [5.41, 5.74) is 1.50. The van der Waals surface area contributed by atoms with Gasteiger partial charge in [-0.15, -0.1) is 0 Å². The first-order valence-corrected chi connectivity index (χ1v) is 11.7. The van der Waals surface area contributed by atoms with Crippen LogP contribution in [0.5, 0.6) is 11.5 Å². The summed E-state index contributed by atoms with van der Waals surface area (Å²) in [7, 11) is -3.46. The lowest BCUT2D eigenvalue weighted by atomic mass is 10.1. The normalized spacial score (nSPS) is 13.5. The number of ether oxygens (including phenoxy) is 1. The number of nitrogens with one attached hydrogen (secondary N) is 2. The number of carbonyl (C=O) groups excluding carboxylic acids is 1. The van der Waals surface area contributed by atoms with Gasteiger partial charge in [-0.2, -0.15) is 0 Å². The second-order valence-electron chi connectivity index (χ2n) is 7.50. The monoisotopic (exact) mass is 436 g/mol. The lowest BCUT2D eigenvalue weighted by Crippen LogP contribution is -2.25. The van der Waals surface area contributed by atoms with E-state index in [1.165, 1.54) is 0 Å². The Labute approximate surface area is 182 Å². The Morgan fingerprint density at radius 2 is 1.58 bits per heavy atom. The highest BCUT2D eigenvalue weighted by Gasteiger charge is 2.27. The van der Waals surface area contributed by atoms with Crippen LogP contribution >= 0.6 is 0 Å². The first kappa shape index (κ1) is 21.1. The van der Waals surface area contributed by atoms with Crippen LogP contribution in [0.1, 0.15) is 24.8 Å². The summed E-state index contributed by atoms with van der Waals surface area (Å²) in [6, 6.07) is 23.4. The molecule has 31 heavy (non-hydrogen) atoms. The van der Waals surface area contributed by atoms with Gasteiger partial charge in [-0.05, 0) is 61.2 Å². The predicted molar refractivity (Wildman–Crippen MR) is 120 cm³/mol. The molecule has 6 nitrogen and oxygen atoms in total. The summed E-state index contributed by atoms with van der Waals surface area (Å²) in [4.78, 5) is 12.7. The molecular weight excluding hydrogens is 412 g/mol. The maximum absolute atomic E-state index is 12.5. The van der Waals surface area contributed by atoms with Crippen molar-refractivity contribution in [1.29, 1.82) is 0 Å². The Morgan fingerprint density at radius 1 is 0.903 bits per heavy atom. The van der Waals surface area contributed by atoms with Crippen molar-refractivity contribution in [2.45, 2.75) is 36.6 Å². The van der Waals surface area contributed by atoms with E-state index in [0.29, 0.717) is 23.6 Å². The molecule has 1 fully saturated rings. The Kier molecular flexibility index (Phi) is 6.34. The average molecular weight is 437 g/mol. The van der Waals surface area contributed by atoms with Crippen molar-refractivity contribution in [2.75, 3.05) is 5.32 Å². The molecule has 0 saturated heterocycles. The van der Waals surface area contributed by atoms with Gasteiger partial charge in [0, 0.05) is 12.5 Å². The molecule has 0 bridgehead atoms. The Hall–Kier alpha value is -3.16. The zero-order valence-corrected chi connectivity index (χ0v) is 17.8. The molecule has 4 rings (SSSR count). The molecule has 3 aromatic rings. The van der Waals surface area contributed by atoms with Crippen LogP contribution in [0.3, 0.4) is 0 Å². The zero-order chi connectivity index (χ0) is 21.7. The molecule has 1 amide bonds. The van der Waals surface area contributed by atoms with E-state index >= 15 is 0 Å². The molecule has 0 aliphatic heterocycles. The molecule has 0 radical (unpaired) electrons. The molecule has 1 aliphatic carbocycles. The molecule has 1 aliphatic rings. The van der Waals surface area contributed by atoms with Crippen molar-refractivity contribution in [3.05, 3.63) is 84.4 Å². The molecule has 160 valence electrons. The SMILES string of the molecule is O=C(CCc1ccc(S(=O)(=O)NC2CC2)cc1)Nc1ccccc1Oc1ccccc1. The van der Waals surface area contributed by atoms with Gasteiger partial charge in [0.15, 0.2) is 5.75 Å². The first-order chi connectivity index (χ1) is 15.0. The Morgan fingerprint density at radius 3 is 2.29 bits per heavy atom.